The van der Waals surface area contributed by atoms with E-state index in [-0.39, 0.29) is 5.78 Å². The molecule has 0 aliphatic heterocycles. The summed E-state index contributed by atoms with van der Waals surface area (Å²) in [6, 6.07) is 5.12. The summed E-state index contributed by atoms with van der Waals surface area (Å²) < 4.78 is 10.3. The standard InChI is InChI=1S/C13H13ClN2O3/c1-7(8(2)17)13-15-12(16-19-13)10-5-4-9(14)6-11(10)18-3/h4-7H,1-3H3. The SMILES string of the molecule is COc1cc(Cl)ccc1-c1noc(C(C)C(C)=O)n1. The lowest BCUT2D eigenvalue weighted by Crippen LogP contribution is -2.04. The maximum absolute atomic E-state index is 11.3. The molecule has 1 heterocycles. The lowest BCUT2D eigenvalue weighted by molar-refractivity contribution is -0.118. The number of methoxy groups -OCH3 is 1. The Hall–Kier alpha value is -1.88. The molecule has 1 atom stereocenters. The molecule has 0 radical (unpaired) electrons. The third-order valence-electron chi connectivity index (χ3n) is 2.83. The Morgan fingerprint density at radius 2 is 2.21 bits per heavy atom. The minimum absolute atomic E-state index is 0.0294. The van der Waals surface area contributed by atoms with Gasteiger partial charge in [0.15, 0.2) is 0 Å². The number of halogens is 1. The number of benzene rings is 1. The van der Waals surface area contributed by atoms with Crippen molar-refractivity contribution >= 4 is 17.4 Å². The highest BCUT2D eigenvalue weighted by Gasteiger charge is 2.20. The molecule has 100 valence electrons. The van der Waals surface area contributed by atoms with Crippen molar-refractivity contribution in [3.63, 3.8) is 0 Å². The number of carbonyl (C=O) groups is 1. The Morgan fingerprint density at radius 1 is 1.47 bits per heavy atom. The number of rotatable bonds is 4. The van der Waals surface area contributed by atoms with Crippen molar-refractivity contribution < 1.29 is 14.1 Å². The van der Waals surface area contributed by atoms with Crippen molar-refractivity contribution in [1.82, 2.24) is 10.1 Å². The fourth-order valence-electron chi connectivity index (χ4n) is 1.54. The van der Waals surface area contributed by atoms with E-state index in [1.807, 2.05) is 0 Å². The van der Waals surface area contributed by atoms with Crippen LogP contribution in [-0.4, -0.2) is 23.0 Å². The second kappa shape index (κ2) is 5.40. The van der Waals surface area contributed by atoms with Crippen LogP contribution in [0.2, 0.25) is 5.02 Å². The van der Waals surface area contributed by atoms with Crippen LogP contribution in [0.15, 0.2) is 22.7 Å². The van der Waals surface area contributed by atoms with Gasteiger partial charge in [-0.1, -0.05) is 16.8 Å². The van der Waals surface area contributed by atoms with E-state index in [9.17, 15) is 4.79 Å². The molecular formula is C13H13ClN2O3. The van der Waals surface area contributed by atoms with Crippen LogP contribution in [0.25, 0.3) is 11.4 Å². The highest BCUT2D eigenvalue weighted by molar-refractivity contribution is 6.30. The van der Waals surface area contributed by atoms with Gasteiger partial charge >= 0.3 is 0 Å². The van der Waals surface area contributed by atoms with Crippen molar-refractivity contribution in [3.05, 3.63) is 29.1 Å². The Bertz CT molecular complexity index is 610. The Kier molecular flexibility index (Phi) is 3.85. The highest BCUT2D eigenvalue weighted by Crippen LogP contribution is 2.31. The Morgan fingerprint density at radius 3 is 2.84 bits per heavy atom. The molecule has 19 heavy (non-hydrogen) atoms. The van der Waals surface area contributed by atoms with Crippen LogP contribution < -0.4 is 4.74 Å². The molecule has 0 saturated carbocycles. The van der Waals surface area contributed by atoms with Crippen LogP contribution in [0.5, 0.6) is 5.75 Å². The number of carbonyl (C=O) groups excluding carboxylic acids is 1. The number of Topliss-reactive ketones (excluding diaryl/α,β-unsaturated/α-hetero) is 1. The zero-order valence-electron chi connectivity index (χ0n) is 10.8. The maximum Gasteiger partial charge on any atom is 0.237 e. The first-order valence-corrected chi connectivity index (χ1v) is 6.08. The summed E-state index contributed by atoms with van der Waals surface area (Å²) in [6.45, 7) is 3.20. The number of ether oxygens (including phenoxy) is 1. The summed E-state index contributed by atoms with van der Waals surface area (Å²) in [7, 11) is 1.54. The number of hydrogen-bond acceptors (Lipinski definition) is 5. The van der Waals surface area contributed by atoms with Gasteiger partial charge in [-0.2, -0.15) is 4.98 Å². The van der Waals surface area contributed by atoms with Gasteiger partial charge < -0.3 is 9.26 Å². The first-order valence-electron chi connectivity index (χ1n) is 5.71. The normalized spacial score (nSPS) is 12.2. The van der Waals surface area contributed by atoms with E-state index in [0.29, 0.717) is 28.1 Å². The van der Waals surface area contributed by atoms with E-state index >= 15 is 0 Å². The van der Waals surface area contributed by atoms with Gasteiger partial charge in [-0.15, -0.1) is 0 Å². The monoisotopic (exact) mass is 280 g/mol. The summed E-state index contributed by atoms with van der Waals surface area (Å²) in [4.78, 5) is 15.5. The first kappa shape index (κ1) is 13.5. The van der Waals surface area contributed by atoms with Gasteiger partial charge in [-0.3, -0.25) is 4.79 Å². The van der Waals surface area contributed by atoms with E-state index in [1.165, 1.54) is 14.0 Å². The van der Waals surface area contributed by atoms with Gasteiger partial charge in [-0.05, 0) is 32.0 Å². The quantitative estimate of drug-likeness (QED) is 0.861. The molecule has 0 spiro atoms. The molecule has 0 fully saturated rings. The highest BCUT2D eigenvalue weighted by atomic mass is 35.5. The van der Waals surface area contributed by atoms with E-state index in [0.717, 1.165) is 0 Å². The van der Waals surface area contributed by atoms with Crippen molar-refractivity contribution in [3.8, 4) is 17.1 Å². The number of ketones is 1. The second-order valence-electron chi connectivity index (χ2n) is 4.13. The Balaban J connectivity index is 2.40. The van der Waals surface area contributed by atoms with E-state index < -0.39 is 5.92 Å². The van der Waals surface area contributed by atoms with Crippen LogP contribution in [0.4, 0.5) is 0 Å². The van der Waals surface area contributed by atoms with E-state index in [1.54, 1.807) is 25.1 Å². The molecule has 1 aromatic carbocycles. The summed E-state index contributed by atoms with van der Waals surface area (Å²) >= 11 is 5.89. The number of nitrogens with zero attached hydrogens (tertiary/aromatic N) is 2. The maximum atomic E-state index is 11.3. The molecule has 0 amide bonds. The third-order valence-corrected chi connectivity index (χ3v) is 3.06. The summed E-state index contributed by atoms with van der Waals surface area (Å²) in [5, 5.41) is 4.42. The van der Waals surface area contributed by atoms with Crippen LogP contribution in [0.3, 0.4) is 0 Å². The first-order chi connectivity index (χ1) is 9.02. The minimum Gasteiger partial charge on any atom is -0.496 e. The largest absolute Gasteiger partial charge is 0.496 e. The smallest absolute Gasteiger partial charge is 0.237 e. The predicted octanol–water partition coefficient (Wildman–Crippen LogP) is 3.09. The molecule has 0 aliphatic rings. The van der Waals surface area contributed by atoms with Crippen LogP contribution >= 0.6 is 11.6 Å². The summed E-state index contributed by atoms with van der Waals surface area (Å²) in [5.74, 6) is 0.768. The molecule has 5 nitrogen and oxygen atoms in total. The lowest BCUT2D eigenvalue weighted by atomic mass is 10.1. The molecule has 0 saturated heterocycles. The third kappa shape index (κ3) is 2.76. The molecule has 0 aliphatic carbocycles. The average Bonchev–Trinajstić information content (AvgIpc) is 2.86. The molecule has 0 bridgehead atoms. The van der Waals surface area contributed by atoms with Gasteiger partial charge in [-0.25, -0.2) is 0 Å². The zero-order valence-corrected chi connectivity index (χ0v) is 11.6. The second-order valence-corrected chi connectivity index (χ2v) is 4.57. The van der Waals surface area contributed by atoms with Crippen molar-refractivity contribution in [2.24, 2.45) is 0 Å². The van der Waals surface area contributed by atoms with E-state index in [2.05, 4.69) is 10.1 Å². The van der Waals surface area contributed by atoms with Gasteiger partial charge in [0.2, 0.25) is 11.7 Å². The van der Waals surface area contributed by atoms with Gasteiger partial charge in [0.1, 0.15) is 11.5 Å². The Labute approximate surface area is 115 Å². The molecule has 1 aromatic heterocycles. The van der Waals surface area contributed by atoms with Crippen LogP contribution in [-0.2, 0) is 4.79 Å². The lowest BCUT2D eigenvalue weighted by Gasteiger charge is -2.04. The van der Waals surface area contributed by atoms with Crippen LogP contribution in [0.1, 0.15) is 25.7 Å². The molecular weight excluding hydrogens is 268 g/mol. The van der Waals surface area contributed by atoms with Crippen LogP contribution in [0, 0.1) is 0 Å². The van der Waals surface area contributed by atoms with Crippen molar-refractivity contribution in [1.29, 1.82) is 0 Å². The molecule has 1 unspecified atom stereocenters. The van der Waals surface area contributed by atoms with Crippen molar-refractivity contribution in [2.75, 3.05) is 7.11 Å². The topological polar surface area (TPSA) is 65.2 Å². The predicted molar refractivity (Wildman–Crippen MR) is 70.4 cm³/mol. The molecule has 2 aromatic rings. The fourth-order valence-corrected chi connectivity index (χ4v) is 1.71. The zero-order chi connectivity index (χ0) is 14.0. The van der Waals surface area contributed by atoms with Crippen molar-refractivity contribution in [2.45, 2.75) is 19.8 Å². The molecule has 6 heteroatoms. The average molecular weight is 281 g/mol. The number of aromatic nitrogens is 2. The van der Waals surface area contributed by atoms with Gasteiger partial charge in [0.05, 0.1) is 18.6 Å². The number of hydrogen-bond donors (Lipinski definition) is 0. The fraction of sp³-hybridized carbons (Fsp3) is 0.308. The van der Waals surface area contributed by atoms with E-state index in [4.69, 9.17) is 20.9 Å². The van der Waals surface area contributed by atoms with Gasteiger partial charge in [0, 0.05) is 5.02 Å². The summed E-state index contributed by atoms with van der Waals surface area (Å²) in [6.07, 6.45) is 0. The minimum atomic E-state index is -0.417. The molecule has 0 N–H and O–H groups in total. The van der Waals surface area contributed by atoms with Gasteiger partial charge in [0.25, 0.3) is 0 Å². The summed E-state index contributed by atoms with van der Waals surface area (Å²) in [5.41, 5.74) is 0.664. The molecule has 2 rings (SSSR count).